The lowest BCUT2D eigenvalue weighted by Gasteiger charge is -2.23. The second-order valence-corrected chi connectivity index (χ2v) is 6.60. The molecule has 1 heterocycles. The second kappa shape index (κ2) is 7.62. The van der Waals surface area contributed by atoms with Gasteiger partial charge in [-0.15, -0.1) is 0 Å². The van der Waals surface area contributed by atoms with E-state index in [0.29, 0.717) is 16.5 Å². The lowest BCUT2D eigenvalue weighted by molar-refractivity contribution is 0.406. The second-order valence-electron chi connectivity index (χ2n) is 4.75. The van der Waals surface area contributed by atoms with Crippen molar-refractivity contribution >= 4 is 34.2 Å². The fraction of sp³-hybridized carbons (Fsp3) is 0.357. The third-order valence-electron chi connectivity index (χ3n) is 3.34. The molecule has 8 heteroatoms. The summed E-state index contributed by atoms with van der Waals surface area (Å²) < 4.78 is 14.6. The molecule has 0 amide bonds. The number of benzene rings is 1. The zero-order chi connectivity index (χ0) is 16.1. The molecule has 6 nitrogen and oxygen atoms in total. The van der Waals surface area contributed by atoms with Crippen LogP contribution in [-0.2, 0) is 11.0 Å². The molecule has 0 aliphatic carbocycles. The summed E-state index contributed by atoms with van der Waals surface area (Å²) in [4.78, 5) is 12.4. The van der Waals surface area contributed by atoms with Crippen LogP contribution in [0.1, 0.15) is 20.3 Å². The van der Waals surface area contributed by atoms with E-state index in [1.54, 1.807) is 0 Å². The lowest BCUT2D eigenvalue weighted by atomic mass is 10.3. The average Bonchev–Trinajstić information content (AvgIpc) is 2.53. The molecule has 0 saturated heterocycles. The molecule has 0 fully saturated rings. The highest BCUT2D eigenvalue weighted by molar-refractivity contribution is 7.82. The first-order chi connectivity index (χ1) is 10.5. The molecule has 2 atom stereocenters. The van der Waals surface area contributed by atoms with Gasteiger partial charge in [-0.3, -0.25) is 0 Å². The Labute approximate surface area is 137 Å². The van der Waals surface area contributed by atoms with Crippen LogP contribution in [0.3, 0.4) is 0 Å². The van der Waals surface area contributed by atoms with E-state index < -0.39 is 11.0 Å². The van der Waals surface area contributed by atoms with E-state index in [-0.39, 0.29) is 11.3 Å². The van der Waals surface area contributed by atoms with Crippen LogP contribution in [0.15, 0.2) is 35.5 Å². The summed E-state index contributed by atoms with van der Waals surface area (Å²) in [7, 11) is 0.566. The van der Waals surface area contributed by atoms with Gasteiger partial charge in [0, 0.05) is 13.1 Å². The molecule has 2 rings (SSSR count). The van der Waals surface area contributed by atoms with Gasteiger partial charge in [0.05, 0.1) is 10.6 Å². The van der Waals surface area contributed by atoms with Crippen molar-refractivity contribution in [1.29, 1.82) is 0 Å². The first-order valence-electron chi connectivity index (χ1n) is 6.88. The molecule has 1 N–H and O–H groups in total. The van der Waals surface area contributed by atoms with E-state index in [2.05, 4.69) is 27.2 Å². The summed E-state index contributed by atoms with van der Waals surface area (Å²) >= 11 is 5.75. The van der Waals surface area contributed by atoms with Crippen LogP contribution in [0.5, 0.6) is 0 Å². The average molecular weight is 340 g/mol. The van der Waals surface area contributed by atoms with Crippen molar-refractivity contribution in [2.24, 2.45) is 0 Å². The molecule has 0 saturated carbocycles. The summed E-state index contributed by atoms with van der Waals surface area (Å²) in [5.41, 5.74) is 0.679. The van der Waals surface area contributed by atoms with Crippen LogP contribution in [0.25, 0.3) is 0 Å². The molecule has 0 aliphatic rings. The van der Waals surface area contributed by atoms with Crippen molar-refractivity contribution in [2.45, 2.75) is 31.2 Å². The highest BCUT2D eigenvalue weighted by Gasteiger charge is 2.18. The van der Waals surface area contributed by atoms with Gasteiger partial charge in [0.15, 0.2) is 0 Å². The fourth-order valence-electron chi connectivity index (χ4n) is 1.75. The van der Waals surface area contributed by atoms with Crippen LogP contribution < -0.4 is 5.32 Å². The summed E-state index contributed by atoms with van der Waals surface area (Å²) in [5, 5.41) is 3.14. The van der Waals surface area contributed by atoms with Crippen LogP contribution in [0.4, 0.5) is 11.6 Å². The minimum atomic E-state index is -1.28. The van der Waals surface area contributed by atoms with E-state index in [9.17, 15) is 4.21 Å². The largest absolute Gasteiger partial charge is 0.323 e. The zero-order valence-corrected chi connectivity index (χ0v) is 14.2. The normalized spacial score (nSPS) is 13.9. The van der Waals surface area contributed by atoms with Crippen molar-refractivity contribution in [1.82, 2.24) is 19.3 Å². The Bertz CT molecular complexity index is 669. The Morgan fingerprint density at radius 3 is 2.77 bits per heavy atom. The molecule has 118 valence electrons. The first-order valence-corrected chi connectivity index (χ1v) is 8.36. The van der Waals surface area contributed by atoms with E-state index >= 15 is 0 Å². The maximum absolute atomic E-state index is 12.7. The SMILES string of the molecule is CCC(C)N(C)S(=O)c1ccccc1Nc1ncnc(Cl)n1. The molecular formula is C14H18ClN5OS. The molecule has 0 aliphatic heterocycles. The summed E-state index contributed by atoms with van der Waals surface area (Å²) in [5.74, 6) is 0.315. The van der Waals surface area contributed by atoms with Crippen molar-refractivity contribution in [3.8, 4) is 0 Å². The van der Waals surface area contributed by atoms with Gasteiger partial charge in [0.1, 0.15) is 17.3 Å². The van der Waals surface area contributed by atoms with Gasteiger partial charge >= 0.3 is 0 Å². The number of hydrogen-bond acceptors (Lipinski definition) is 5. The smallest absolute Gasteiger partial charge is 0.231 e. The number of nitrogens with zero attached hydrogens (tertiary/aromatic N) is 4. The van der Waals surface area contributed by atoms with Crippen molar-refractivity contribution in [2.75, 3.05) is 12.4 Å². The van der Waals surface area contributed by atoms with E-state index in [1.807, 2.05) is 42.5 Å². The Kier molecular flexibility index (Phi) is 5.82. The summed E-state index contributed by atoms with van der Waals surface area (Å²) in [6, 6.07) is 7.56. The maximum atomic E-state index is 12.7. The van der Waals surface area contributed by atoms with Gasteiger partial charge in [-0.2, -0.15) is 4.98 Å². The van der Waals surface area contributed by atoms with Crippen molar-refractivity contribution in [3.05, 3.63) is 35.9 Å². The maximum Gasteiger partial charge on any atom is 0.231 e. The molecular weight excluding hydrogens is 322 g/mol. The van der Waals surface area contributed by atoms with E-state index in [1.165, 1.54) is 6.33 Å². The standard InChI is InChI=1S/C14H18ClN5OS/c1-4-10(2)20(3)22(21)12-8-6-5-7-11(12)18-14-17-9-16-13(15)19-14/h5-10H,4H2,1-3H3,(H,16,17,18,19). The number of aromatic nitrogens is 3. The van der Waals surface area contributed by atoms with Gasteiger partial charge in [0.2, 0.25) is 11.2 Å². The molecule has 1 aromatic carbocycles. The van der Waals surface area contributed by atoms with Gasteiger partial charge in [-0.25, -0.2) is 18.5 Å². The quantitative estimate of drug-likeness (QED) is 0.875. The Balaban J connectivity index is 2.29. The monoisotopic (exact) mass is 339 g/mol. The minimum absolute atomic E-state index is 0.104. The Morgan fingerprint density at radius 2 is 2.09 bits per heavy atom. The molecule has 22 heavy (non-hydrogen) atoms. The highest BCUT2D eigenvalue weighted by atomic mass is 35.5. The summed E-state index contributed by atoms with van der Waals surface area (Å²) in [6.07, 6.45) is 2.24. The van der Waals surface area contributed by atoms with Crippen LogP contribution in [0.2, 0.25) is 5.28 Å². The van der Waals surface area contributed by atoms with Crippen molar-refractivity contribution < 1.29 is 4.21 Å². The molecule has 0 bridgehead atoms. The zero-order valence-electron chi connectivity index (χ0n) is 12.7. The molecule has 0 radical (unpaired) electrons. The van der Waals surface area contributed by atoms with Crippen LogP contribution in [-0.4, -0.2) is 36.6 Å². The lowest BCUT2D eigenvalue weighted by Crippen LogP contribution is -2.30. The molecule has 2 unspecified atom stereocenters. The van der Waals surface area contributed by atoms with Gasteiger partial charge in [0.25, 0.3) is 0 Å². The Morgan fingerprint density at radius 1 is 1.36 bits per heavy atom. The van der Waals surface area contributed by atoms with Gasteiger partial charge in [-0.1, -0.05) is 19.1 Å². The third kappa shape index (κ3) is 4.00. The van der Waals surface area contributed by atoms with Gasteiger partial charge < -0.3 is 5.32 Å². The van der Waals surface area contributed by atoms with E-state index in [4.69, 9.17) is 11.6 Å². The number of nitrogens with one attached hydrogen (secondary N) is 1. The Hall–Kier alpha value is -1.57. The highest BCUT2D eigenvalue weighted by Crippen LogP contribution is 2.24. The fourth-order valence-corrected chi connectivity index (χ4v) is 3.17. The first kappa shape index (κ1) is 16.8. The van der Waals surface area contributed by atoms with E-state index in [0.717, 1.165) is 6.42 Å². The molecule has 2 aromatic rings. The number of rotatable bonds is 6. The number of anilines is 2. The van der Waals surface area contributed by atoms with Crippen molar-refractivity contribution in [3.63, 3.8) is 0 Å². The predicted octanol–water partition coefficient (Wildman–Crippen LogP) is 3.02. The number of halogens is 1. The topological polar surface area (TPSA) is 71.0 Å². The molecule has 0 spiro atoms. The number of hydrogen-bond donors (Lipinski definition) is 1. The van der Waals surface area contributed by atoms with Crippen LogP contribution >= 0.6 is 11.6 Å². The summed E-state index contributed by atoms with van der Waals surface area (Å²) in [6.45, 7) is 4.11. The molecule has 1 aromatic heterocycles. The minimum Gasteiger partial charge on any atom is -0.323 e. The third-order valence-corrected chi connectivity index (χ3v) is 5.13. The van der Waals surface area contributed by atoms with Gasteiger partial charge in [-0.05, 0) is 37.1 Å². The van der Waals surface area contributed by atoms with Crippen LogP contribution in [0, 0.1) is 0 Å². The number of para-hydroxylation sites is 1. The predicted molar refractivity (Wildman–Crippen MR) is 88.5 cm³/mol.